The highest BCUT2D eigenvalue weighted by Crippen LogP contribution is 2.37. The standard InChI is InChI=1S/C15H18Br2N2S/c1-2-3-10-20-15-13(16)5-4-12(14(15)17)6-8-19-9-7-18-11-19/h4-5,7,9,11H,2-3,6,8,10H2,1H3. The maximum absolute atomic E-state index is 4.08. The van der Waals surface area contributed by atoms with Crippen LogP contribution in [0.15, 0.2) is 44.7 Å². The van der Waals surface area contributed by atoms with Gasteiger partial charge in [-0.25, -0.2) is 4.98 Å². The summed E-state index contributed by atoms with van der Waals surface area (Å²) in [5.74, 6) is 1.17. The molecule has 2 aromatic rings. The minimum absolute atomic E-state index is 0.958. The van der Waals surface area contributed by atoms with E-state index in [2.05, 4.69) is 60.5 Å². The molecule has 0 aliphatic rings. The molecule has 0 fully saturated rings. The van der Waals surface area contributed by atoms with E-state index in [1.54, 1.807) is 0 Å². The van der Waals surface area contributed by atoms with E-state index >= 15 is 0 Å². The van der Waals surface area contributed by atoms with Crippen molar-refractivity contribution in [3.05, 3.63) is 45.4 Å². The van der Waals surface area contributed by atoms with Crippen molar-refractivity contribution in [2.45, 2.75) is 37.6 Å². The summed E-state index contributed by atoms with van der Waals surface area (Å²) in [6, 6.07) is 4.34. The minimum atomic E-state index is 0.958. The number of nitrogens with zero attached hydrogens (tertiary/aromatic N) is 2. The summed E-state index contributed by atoms with van der Waals surface area (Å²) in [5.41, 5.74) is 1.35. The van der Waals surface area contributed by atoms with Gasteiger partial charge in [0.15, 0.2) is 0 Å². The third kappa shape index (κ3) is 4.37. The molecule has 1 heterocycles. The predicted octanol–water partition coefficient (Wildman–Crippen LogP) is 5.54. The number of hydrogen-bond donors (Lipinski definition) is 0. The molecule has 0 unspecified atom stereocenters. The van der Waals surface area contributed by atoms with Crippen molar-refractivity contribution in [2.75, 3.05) is 5.75 Å². The SMILES string of the molecule is CCCCSc1c(Br)ccc(CCn2ccnc2)c1Br. The zero-order valence-electron chi connectivity index (χ0n) is 11.5. The van der Waals surface area contributed by atoms with E-state index in [9.17, 15) is 0 Å². The third-order valence-corrected chi connectivity index (χ3v) is 6.37. The Bertz CT molecular complexity index is 541. The Kier molecular flexibility index (Phi) is 6.65. The Balaban J connectivity index is 2.07. The van der Waals surface area contributed by atoms with E-state index in [-0.39, 0.29) is 0 Å². The van der Waals surface area contributed by atoms with Crippen LogP contribution in [-0.2, 0) is 13.0 Å². The van der Waals surface area contributed by atoms with Gasteiger partial charge in [0.2, 0.25) is 0 Å². The topological polar surface area (TPSA) is 17.8 Å². The average molecular weight is 418 g/mol. The molecule has 0 saturated carbocycles. The Morgan fingerprint density at radius 2 is 2.15 bits per heavy atom. The van der Waals surface area contributed by atoms with E-state index < -0.39 is 0 Å². The number of imidazole rings is 1. The van der Waals surface area contributed by atoms with Gasteiger partial charge in [0.25, 0.3) is 0 Å². The molecule has 2 nitrogen and oxygen atoms in total. The average Bonchev–Trinajstić information content (AvgIpc) is 2.95. The molecular formula is C15H18Br2N2S. The lowest BCUT2D eigenvalue weighted by Gasteiger charge is -2.12. The lowest BCUT2D eigenvalue weighted by Crippen LogP contribution is -2.00. The van der Waals surface area contributed by atoms with Gasteiger partial charge in [-0.2, -0.15) is 0 Å². The number of unbranched alkanes of at least 4 members (excludes halogenated alkanes) is 1. The first kappa shape index (κ1) is 16.1. The number of aryl methyl sites for hydroxylation is 2. The first-order valence-electron chi connectivity index (χ1n) is 6.77. The Hall–Kier alpha value is -0.260. The maximum atomic E-state index is 4.08. The van der Waals surface area contributed by atoms with E-state index in [1.165, 1.54) is 38.0 Å². The second-order valence-corrected chi connectivity index (χ2v) is 7.35. The Morgan fingerprint density at radius 1 is 1.30 bits per heavy atom. The van der Waals surface area contributed by atoms with Gasteiger partial charge in [0.1, 0.15) is 0 Å². The van der Waals surface area contributed by atoms with Gasteiger partial charge in [-0.3, -0.25) is 0 Å². The van der Waals surface area contributed by atoms with Crippen molar-refractivity contribution in [1.82, 2.24) is 9.55 Å². The van der Waals surface area contributed by atoms with Crippen LogP contribution in [0, 0.1) is 0 Å². The second-order valence-electron chi connectivity index (χ2n) is 4.60. The largest absolute Gasteiger partial charge is 0.337 e. The van der Waals surface area contributed by atoms with Crippen LogP contribution in [0.25, 0.3) is 0 Å². The van der Waals surface area contributed by atoms with E-state index in [4.69, 9.17) is 0 Å². The number of halogens is 2. The Labute approximate surface area is 141 Å². The molecule has 2 rings (SSSR count). The summed E-state index contributed by atoms with van der Waals surface area (Å²) in [4.78, 5) is 5.40. The molecule has 1 aromatic carbocycles. The molecule has 0 atom stereocenters. The molecule has 0 N–H and O–H groups in total. The predicted molar refractivity (Wildman–Crippen MR) is 93.4 cm³/mol. The van der Waals surface area contributed by atoms with Crippen LogP contribution in [0.2, 0.25) is 0 Å². The number of rotatable bonds is 7. The molecule has 5 heteroatoms. The summed E-state index contributed by atoms with van der Waals surface area (Å²) in [6.07, 6.45) is 9.19. The van der Waals surface area contributed by atoms with Gasteiger partial charge in [-0.05, 0) is 62.1 Å². The van der Waals surface area contributed by atoms with Crippen molar-refractivity contribution >= 4 is 43.6 Å². The van der Waals surface area contributed by atoms with Gasteiger partial charge >= 0.3 is 0 Å². The maximum Gasteiger partial charge on any atom is 0.0946 e. The molecule has 20 heavy (non-hydrogen) atoms. The van der Waals surface area contributed by atoms with Crippen molar-refractivity contribution < 1.29 is 0 Å². The molecular weight excluding hydrogens is 400 g/mol. The summed E-state index contributed by atoms with van der Waals surface area (Å²) in [6.45, 7) is 3.19. The molecule has 0 aliphatic carbocycles. The lowest BCUT2D eigenvalue weighted by molar-refractivity contribution is 0.693. The molecule has 0 spiro atoms. The number of thioether (sulfide) groups is 1. The molecule has 1 aromatic heterocycles. The highest BCUT2D eigenvalue weighted by molar-refractivity contribution is 9.11. The van der Waals surface area contributed by atoms with Crippen LogP contribution < -0.4 is 0 Å². The van der Waals surface area contributed by atoms with Crippen LogP contribution in [0.4, 0.5) is 0 Å². The second kappa shape index (κ2) is 8.25. The zero-order chi connectivity index (χ0) is 14.4. The normalized spacial score (nSPS) is 10.9. The van der Waals surface area contributed by atoms with Crippen molar-refractivity contribution in [3.63, 3.8) is 0 Å². The van der Waals surface area contributed by atoms with E-state index in [1.807, 2.05) is 30.5 Å². The Morgan fingerprint density at radius 3 is 2.85 bits per heavy atom. The number of aromatic nitrogens is 2. The molecule has 0 radical (unpaired) electrons. The van der Waals surface area contributed by atoms with Gasteiger partial charge in [0, 0.05) is 32.8 Å². The van der Waals surface area contributed by atoms with Crippen LogP contribution >= 0.6 is 43.6 Å². The van der Waals surface area contributed by atoms with Crippen molar-refractivity contribution in [2.24, 2.45) is 0 Å². The highest BCUT2D eigenvalue weighted by atomic mass is 79.9. The quantitative estimate of drug-likeness (QED) is 0.434. The van der Waals surface area contributed by atoms with E-state index in [0.717, 1.165) is 13.0 Å². The smallest absolute Gasteiger partial charge is 0.0946 e. The summed E-state index contributed by atoms with van der Waals surface area (Å²) < 4.78 is 4.52. The fourth-order valence-corrected chi connectivity index (χ4v) is 4.81. The van der Waals surface area contributed by atoms with Crippen LogP contribution in [0.1, 0.15) is 25.3 Å². The molecule has 0 amide bonds. The van der Waals surface area contributed by atoms with Gasteiger partial charge < -0.3 is 4.57 Å². The lowest BCUT2D eigenvalue weighted by atomic mass is 10.1. The minimum Gasteiger partial charge on any atom is -0.337 e. The molecule has 0 aliphatic heterocycles. The number of benzene rings is 1. The highest BCUT2D eigenvalue weighted by Gasteiger charge is 2.10. The fourth-order valence-electron chi connectivity index (χ4n) is 1.89. The summed E-state index contributed by atoms with van der Waals surface area (Å²) in [7, 11) is 0. The molecule has 0 saturated heterocycles. The first-order valence-corrected chi connectivity index (χ1v) is 9.35. The number of hydrogen-bond acceptors (Lipinski definition) is 2. The van der Waals surface area contributed by atoms with Crippen molar-refractivity contribution in [1.29, 1.82) is 0 Å². The van der Waals surface area contributed by atoms with Crippen LogP contribution in [0.5, 0.6) is 0 Å². The molecule has 108 valence electrons. The van der Waals surface area contributed by atoms with Crippen molar-refractivity contribution in [3.8, 4) is 0 Å². The van der Waals surface area contributed by atoms with Crippen LogP contribution in [0.3, 0.4) is 0 Å². The summed E-state index contributed by atoms with van der Waals surface area (Å²) >= 11 is 9.35. The van der Waals surface area contributed by atoms with Gasteiger partial charge in [-0.15, -0.1) is 11.8 Å². The first-order chi connectivity index (χ1) is 9.72. The zero-order valence-corrected chi connectivity index (χ0v) is 15.5. The fraction of sp³-hybridized carbons (Fsp3) is 0.400. The monoisotopic (exact) mass is 416 g/mol. The molecule has 0 bridgehead atoms. The van der Waals surface area contributed by atoms with Gasteiger partial charge in [0.05, 0.1) is 6.33 Å². The summed E-state index contributed by atoms with van der Waals surface area (Å²) in [5, 5.41) is 0. The van der Waals surface area contributed by atoms with Crippen LogP contribution in [-0.4, -0.2) is 15.3 Å². The van der Waals surface area contributed by atoms with E-state index in [0.29, 0.717) is 0 Å². The third-order valence-electron chi connectivity index (χ3n) is 3.07. The van der Waals surface area contributed by atoms with Gasteiger partial charge in [-0.1, -0.05) is 19.4 Å².